The van der Waals surface area contributed by atoms with Crippen LogP contribution < -0.4 is 5.32 Å². The molecule has 1 heterocycles. The van der Waals surface area contributed by atoms with Gasteiger partial charge in [0.2, 0.25) is 0 Å². The summed E-state index contributed by atoms with van der Waals surface area (Å²) in [5, 5.41) is 2.46. The van der Waals surface area contributed by atoms with Gasteiger partial charge in [0.25, 0.3) is 0 Å². The maximum atomic E-state index is 12.3. The zero-order valence-electron chi connectivity index (χ0n) is 13.6. The van der Waals surface area contributed by atoms with Gasteiger partial charge < -0.3 is 10.2 Å². The summed E-state index contributed by atoms with van der Waals surface area (Å²) in [6, 6.07) is 5.82. The lowest BCUT2D eigenvalue weighted by molar-refractivity contribution is -0.144. The van der Waals surface area contributed by atoms with E-state index in [9.17, 15) is 22.8 Å². The Labute approximate surface area is 140 Å². The molecule has 1 N–H and O–H groups in total. The number of benzene rings is 1. The number of nitrogens with zero attached hydrogens (tertiary/aromatic N) is 1. The van der Waals surface area contributed by atoms with Crippen molar-refractivity contribution in [2.75, 3.05) is 23.4 Å². The molecule has 1 aliphatic heterocycles. The van der Waals surface area contributed by atoms with E-state index < -0.39 is 27.7 Å². The van der Waals surface area contributed by atoms with E-state index in [4.69, 9.17) is 0 Å². The summed E-state index contributed by atoms with van der Waals surface area (Å²) in [6.07, 6.45) is 0.342. The van der Waals surface area contributed by atoms with E-state index in [1.165, 1.54) is 17.9 Å². The number of likely N-dealkylation sites (N-methyl/N-ethyl adjacent to an activating group) is 1. The van der Waals surface area contributed by atoms with Gasteiger partial charge in [-0.1, -0.05) is 12.1 Å². The molecule has 1 aromatic rings. The van der Waals surface area contributed by atoms with Crippen molar-refractivity contribution in [3.63, 3.8) is 0 Å². The molecule has 1 fully saturated rings. The Bertz CT molecular complexity index is 772. The van der Waals surface area contributed by atoms with Gasteiger partial charge in [-0.05, 0) is 32.4 Å². The molecule has 1 atom stereocenters. The van der Waals surface area contributed by atoms with Crippen LogP contribution in [0.1, 0.15) is 30.6 Å². The van der Waals surface area contributed by atoms with Gasteiger partial charge in [-0.2, -0.15) is 0 Å². The van der Waals surface area contributed by atoms with Crippen LogP contribution in [0.3, 0.4) is 0 Å². The van der Waals surface area contributed by atoms with E-state index in [0.717, 1.165) is 0 Å². The number of carbonyl (C=O) groups excluding carboxylic acids is 3. The number of nitrogens with one attached hydrogen (secondary N) is 1. The molecule has 1 unspecified atom stereocenters. The summed E-state index contributed by atoms with van der Waals surface area (Å²) < 4.78 is 23.2. The highest BCUT2D eigenvalue weighted by Crippen LogP contribution is 2.18. The molecular weight excluding hydrogens is 332 g/mol. The number of Topliss-reactive ketones (excluding diaryl/α,β-unsaturated/α-hetero) is 1. The topological polar surface area (TPSA) is 101 Å². The highest BCUT2D eigenvalue weighted by molar-refractivity contribution is 7.91. The third kappa shape index (κ3) is 4.19. The summed E-state index contributed by atoms with van der Waals surface area (Å²) in [7, 11) is -3.15. The fraction of sp³-hybridized carbons (Fsp3) is 0.438. The first-order valence-corrected chi connectivity index (χ1v) is 9.49. The molecule has 0 aliphatic carbocycles. The van der Waals surface area contributed by atoms with Crippen LogP contribution in [0.5, 0.6) is 0 Å². The monoisotopic (exact) mass is 352 g/mol. The molecule has 0 spiro atoms. The lowest BCUT2D eigenvalue weighted by Gasteiger charge is -2.26. The molecule has 0 radical (unpaired) electrons. The van der Waals surface area contributed by atoms with Gasteiger partial charge in [0, 0.05) is 23.8 Å². The maximum absolute atomic E-state index is 12.3. The van der Waals surface area contributed by atoms with Gasteiger partial charge >= 0.3 is 11.8 Å². The van der Waals surface area contributed by atoms with Crippen molar-refractivity contribution < 1.29 is 22.8 Å². The van der Waals surface area contributed by atoms with E-state index in [2.05, 4.69) is 5.32 Å². The van der Waals surface area contributed by atoms with Gasteiger partial charge in [-0.15, -0.1) is 0 Å². The van der Waals surface area contributed by atoms with Crippen molar-refractivity contribution in [1.29, 1.82) is 0 Å². The number of rotatable bonds is 4. The maximum Gasteiger partial charge on any atom is 0.313 e. The summed E-state index contributed by atoms with van der Waals surface area (Å²) >= 11 is 0. The molecular formula is C16H20N2O5S. The zero-order chi connectivity index (χ0) is 17.9. The predicted molar refractivity (Wildman–Crippen MR) is 89.5 cm³/mol. The number of amides is 2. The normalized spacial score (nSPS) is 18.8. The van der Waals surface area contributed by atoms with E-state index in [-0.39, 0.29) is 23.8 Å². The molecule has 0 aromatic heterocycles. The summed E-state index contributed by atoms with van der Waals surface area (Å²) in [6.45, 7) is 3.36. The van der Waals surface area contributed by atoms with Crippen molar-refractivity contribution in [1.82, 2.24) is 4.90 Å². The molecule has 0 bridgehead atoms. The van der Waals surface area contributed by atoms with Crippen molar-refractivity contribution in [3.05, 3.63) is 29.8 Å². The Hall–Kier alpha value is -2.22. The molecule has 8 heteroatoms. The van der Waals surface area contributed by atoms with Crippen LogP contribution in [0, 0.1) is 0 Å². The minimum absolute atomic E-state index is 0.0315. The molecule has 0 saturated carbocycles. The second-order valence-corrected chi connectivity index (χ2v) is 7.97. The van der Waals surface area contributed by atoms with Crippen LogP contribution in [-0.2, 0) is 19.4 Å². The fourth-order valence-electron chi connectivity index (χ4n) is 2.72. The third-order valence-electron chi connectivity index (χ3n) is 3.97. The number of hydrogen-bond acceptors (Lipinski definition) is 5. The minimum atomic E-state index is -3.15. The van der Waals surface area contributed by atoms with Crippen molar-refractivity contribution in [2.24, 2.45) is 0 Å². The number of ketones is 1. The van der Waals surface area contributed by atoms with Crippen LogP contribution in [0.15, 0.2) is 24.3 Å². The van der Waals surface area contributed by atoms with Crippen LogP contribution in [0.2, 0.25) is 0 Å². The first-order chi connectivity index (χ1) is 11.2. The van der Waals surface area contributed by atoms with Crippen LogP contribution in [0.25, 0.3) is 0 Å². The Kier molecular flexibility index (Phi) is 5.38. The standard InChI is InChI=1S/C16H20N2O5S/c1-3-18(14-7-8-24(22,23)10-14)16(21)15(20)17-13-6-4-5-12(9-13)11(2)19/h4-6,9,14H,3,7-8,10H2,1-2H3,(H,17,20). The van der Waals surface area contributed by atoms with Crippen molar-refractivity contribution >= 4 is 33.1 Å². The average molecular weight is 352 g/mol. The van der Waals surface area contributed by atoms with Gasteiger partial charge in [-0.3, -0.25) is 14.4 Å². The Morgan fingerprint density at radius 3 is 2.54 bits per heavy atom. The highest BCUT2D eigenvalue weighted by atomic mass is 32.2. The lowest BCUT2D eigenvalue weighted by atomic mass is 10.1. The third-order valence-corrected chi connectivity index (χ3v) is 5.72. The van der Waals surface area contributed by atoms with Gasteiger partial charge in [0.15, 0.2) is 15.6 Å². The number of sulfone groups is 1. The van der Waals surface area contributed by atoms with Crippen LogP contribution >= 0.6 is 0 Å². The number of carbonyl (C=O) groups is 3. The summed E-state index contributed by atoms with van der Waals surface area (Å²) in [4.78, 5) is 37.2. The van der Waals surface area contributed by atoms with E-state index >= 15 is 0 Å². The fourth-order valence-corrected chi connectivity index (χ4v) is 4.45. The van der Waals surface area contributed by atoms with E-state index in [0.29, 0.717) is 17.7 Å². The Balaban J connectivity index is 2.09. The molecule has 24 heavy (non-hydrogen) atoms. The summed E-state index contributed by atoms with van der Waals surface area (Å²) in [5.74, 6) is -1.85. The van der Waals surface area contributed by atoms with Gasteiger partial charge in [0.1, 0.15) is 0 Å². The molecule has 130 valence electrons. The summed E-state index contributed by atoms with van der Waals surface area (Å²) in [5.41, 5.74) is 0.769. The number of anilines is 1. The molecule has 1 aliphatic rings. The quantitative estimate of drug-likeness (QED) is 0.640. The second kappa shape index (κ2) is 7.12. The average Bonchev–Trinajstić information content (AvgIpc) is 2.88. The highest BCUT2D eigenvalue weighted by Gasteiger charge is 2.35. The van der Waals surface area contributed by atoms with Gasteiger partial charge in [0.05, 0.1) is 11.5 Å². The van der Waals surface area contributed by atoms with E-state index in [1.54, 1.807) is 25.1 Å². The number of hydrogen-bond donors (Lipinski definition) is 1. The van der Waals surface area contributed by atoms with Gasteiger partial charge in [-0.25, -0.2) is 8.42 Å². The van der Waals surface area contributed by atoms with Crippen molar-refractivity contribution in [3.8, 4) is 0 Å². The molecule has 1 saturated heterocycles. The zero-order valence-corrected chi connectivity index (χ0v) is 14.4. The predicted octanol–water partition coefficient (Wildman–Crippen LogP) is 0.863. The first-order valence-electron chi connectivity index (χ1n) is 7.67. The second-order valence-electron chi connectivity index (χ2n) is 5.74. The lowest BCUT2D eigenvalue weighted by Crippen LogP contribution is -2.46. The Morgan fingerprint density at radius 1 is 1.29 bits per heavy atom. The Morgan fingerprint density at radius 2 is 2.00 bits per heavy atom. The van der Waals surface area contributed by atoms with E-state index in [1.807, 2.05) is 0 Å². The van der Waals surface area contributed by atoms with Crippen LogP contribution in [0.4, 0.5) is 5.69 Å². The smallest absolute Gasteiger partial charge is 0.313 e. The molecule has 7 nitrogen and oxygen atoms in total. The van der Waals surface area contributed by atoms with Crippen molar-refractivity contribution in [2.45, 2.75) is 26.3 Å². The SMILES string of the molecule is CCN(C(=O)C(=O)Nc1cccc(C(C)=O)c1)C1CCS(=O)(=O)C1. The molecule has 2 rings (SSSR count). The molecule has 1 aromatic carbocycles. The first kappa shape index (κ1) is 18.1. The largest absolute Gasteiger partial charge is 0.331 e. The minimum Gasteiger partial charge on any atom is -0.331 e. The van der Waals surface area contributed by atoms with Crippen LogP contribution in [-0.4, -0.2) is 55.0 Å². The molecule has 2 amide bonds.